The van der Waals surface area contributed by atoms with E-state index in [2.05, 4.69) is 5.32 Å². The largest absolute Gasteiger partial charge is 0.497 e. The fourth-order valence-electron chi connectivity index (χ4n) is 4.42. The number of aryl methyl sites for hydroxylation is 1. The maximum absolute atomic E-state index is 14.2. The fourth-order valence-corrected chi connectivity index (χ4v) is 5.85. The SMILES string of the molecule is CCC(C(=O)NC(C)C)N(Cc1ccc(C)cc1)C(=O)CN(c1cc(OC)ccc1OC)S(=O)(=O)c1ccccc1. The normalized spacial score (nSPS) is 12.0. The Bertz CT molecular complexity index is 1430. The Hall–Kier alpha value is -4.05. The summed E-state index contributed by atoms with van der Waals surface area (Å²) in [6.45, 7) is 7.03. The zero-order valence-electron chi connectivity index (χ0n) is 24.5. The van der Waals surface area contributed by atoms with Crippen molar-refractivity contribution in [2.45, 2.75) is 57.6 Å². The molecule has 10 heteroatoms. The standard InChI is InChI=1S/C31H39N3O6S/c1-7-27(31(36)32-22(2)3)33(20-24-15-13-23(4)14-16-24)30(35)21-34(41(37,38)26-11-9-8-10-12-26)28-19-25(39-5)17-18-29(28)40-6/h8-19,22,27H,7,20-21H2,1-6H3,(H,32,36). The van der Waals surface area contributed by atoms with E-state index in [9.17, 15) is 18.0 Å². The number of amides is 2. The first-order chi connectivity index (χ1) is 19.5. The van der Waals surface area contributed by atoms with Gasteiger partial charge in [-0.2, -0.15) is 0 Å². The lowest BCUT2D eigenvalue weighted by atomic mass is 10.1. The molecule has 1 atom stereocenters. The van der Waals surface area contributed by atoms with Crippen LogP contribution in [0.5, 0.6) is 11.5 Å². The fraction of sp³-hybridized carbons (Fsp3) is 0.355. The molecule has 0 saturated heterocycles. The number of methoxy groups -OCH3 is 2. The Morgan fingerprint density at radius 1 is 0.927 bits per heavy atom. The number of hydrogen-bond donors (Lipinski definition) is 1. The van der Waals surface area contributed by atoms with Crippen molar-refractivity contribution < 1.29 is 27.5 Å². The van der Waals surface area contributed by atoms with Crippen molar-refractivity contribution in [3.05, 3.63) is 83.9 Å². The lowest BCUT2D eigenvalue weighted by Gasteiger charge is -2.34. The van der Waals surface area contributed by atoms with Crippen LogP contribution < -0.4 is 19.1 Å². The van der Waals surface area contributed by atoms with Gasteiger partial charge < -0.3 is 19.7 Å². The van der Waals surface area contributed by atoms with Gasteiger partial charge in [-0.25, -0.2) is 8.42 Å². The minimum absolute atomic E-state index is 0.00681. The number of anilines is 1. The van der Waals surface area contributed by atoms with Gasteiger partial charge in [0, 0.05) is 18.7 Å². The number of sulfonamides is 1. The number of hydrogen-bond acceptors (Lipinski definition) is 6. The summed E-state index contributed by atoms with van der Waals surface area (Å²) in [5.41, 5.74) is 2.01. The van der Waals surface area contributed by atoms with Gasteiger partial charge in [-0.05, 0) is 57.0 Å². The number of carbonyl (C=O) groups is 2. The third-order valence-electron chi connectivity index (χ3n) is 6.56. The Kier molecular flexibility index (Phi) is 10.8. The molecule has 0 aliphatic rings. The second-order valence-electron chi connectivity index (χ2n) is 9.96. The summed E-state index contributed by atoms with van der Waals surface area (Å²) < 4.78 is 40.0. The van der Waals surface area contributed by atoms with Crippen molar-refractivity contribution in [3.8, 4) is 11.5 Å². The summed E-state index contributed by atoms with van der Waals surface area (Å²) in [5.74, 6) is -0.214. The van der Waals surface area contributed by atoms with Crippen LogP contribution in [0.3, 0.4) is 0 Å². The minimum atomic E-state index is -4.24. The number of nitrogens with zero attached hydrogens (tertiary/aromatic N) is 2. The van der Waals surface area contributed by atoms with Gasteiger partial charge >= 0.3 is 0 Å². The first-order valence-corrected chi connectivity index (χ1v) is 14.9. The maximum Gasteiger partial charge on any atom is 0.264 e. The van der Waals surface area contributed by atoms with E-state index in [0.29, 0.717) is 12.2 Å². The molecule has 0 heterocycles. The molecule has 0 aromatic heterocycles. The van der Waals surface area contributed by atoms with Crippen LogP contribution in [-0.2, 0) is 26.2 Å². The monoisotopic (exact) mass is 581 g/mol. The third-order valence-corrected chi connectivity index (χ3v) is 8.33. The first-order valence-electron chi connectivity index (χ1n) is 13.5. The summed E-state index contributed by atoms with van der Waals surface area (Å²) in [6.07, 6.45) is 0.337. The first kappa shape index (κ1) is 31.5. The zero-order valence-corrected chi connectivity index (χ0v) is 25.3. The Labute approximate surface area is 243 Å². The third kappa shape index (κ3) is 7.79. The zero-order chi connectivity index (χ0) is 30.2. The summed E-state index contributed by atoms with van der Waals surface area (Å²) in [5, 5.41) is 2.90. The molecule has 0 saturated carbocycles. The molecule has 0 radical (unpaired) electrons. The van der Waals surface area contributed by atoms with Crippen LogP contribution in [0.15, 0.2) is 77.7 Å². The van der Waals surface area contributed by atoms with E-state index in [4.69, 9.17) is 9.47 Å². The number of benzene rings is 3. The summed E-state index contributed by atoms with van der Waals surface area (Å²) in [7, 11) is -1.35. The molecule has 9 nitrogen and oxygen atoms in total. The molecule has 3 rings (SSSR count). The van der Waals surface area contributed by atoms with Crippen LogP contribution in [0.25, 0.3) is 0 Å². The predicted molar refractivity (Wildman–Crippen MR) is 160 cm³/mol. The van der Waals surface area contributed by atoms with E-state index in [1.165, 1.54) is 37.3 Å². The highest BCUT2D eigenvalue weighted by molar-refractivity contribution is 7.92. The molecule has 0 spiro atoms. The summed E-state index contributed by atoms with van der Waals surface area (Å²) >= 11 is 0. The second kappa shape index (κ2) is 14.0. The molecule has 41 heavy (non-hydrogen) atoms. The van der Waals surface area contributed by atoms with Crippen LogP contribution in [0, 0.1) is 6.92 Å². The molecule has 3 aromatic carbocycles. The van der Waals surface area contributed by atoms with Gasteiger partial charge in [0.2, 0.25) is 11.8 Å². The van der Waals surface area contributed by atoms with Crippen molar-refractivity contribution in [1.82, 2.24) is 10.2 Å². The molecule has 220 valence electrons. The molecular weight excluding hydrogens is 542 g/mol. The molecular formula is C31H39N3O6S. The van der Waals surface area contributed by atoms with Crippen LogP contribution in [-0.4, -0.2) is 58.0 Å². The highest BCUT2D eigenvalue weighted by Gasteiger charge is 2.35. The minimum Gasteiger partial charge on any atom is -0.497 e. The van der Waals surface area contributed by atoms with Gasteiger partial charge in [-0.1, -0.05) is 55.0 Å². The van der Waals surface area contributed by atoms with Crippen LogP contribution in [0.1, 0.15) is 38.3 Å². The van der Waals surface area contributed by atoms with E-state index in [1.807, 2.05) is 52.0 Å². The molecule has 2 amide bonds. The Morgan fingerprint density at radius 3 is 2.15 bits per heavy atom. The molecule has 1 unspecified atom stereocenters. The molecule has 0 bridgehead atoms. The maximum atomic E-state index is 14.2. The van der Waals surface area contributed by atoms with Gasteiger partial charge in [0.15, 0.2) is 0 Å². The number of ether oxygens (including phenoxy) is 2. The quantitative estimate of drug-likeness (QED) is 0.318. The highest BCUT2D eigenvalue weighted by Crippen LogP contribution is 2.36. The number of carbonyl (C=O) groups excluding carboxylic acids is 2. The van der Waals surface area contributed by atoms with E-state index in [0.717, 1.165) is 15.4 Å². The second-order valence-corrected chi connectivity index (χ2v) is 11.8. The Morgan fingerprint density at radius 2 is 1.59 bits per heavy atom. The summed E-state index contributed by atoms with van der Waals surface area (Å²) in [6, 6.07) is 19.3. The van der Waals surface area contributed by atoms with E-state index >= 15 is 0 Å². The van der Waals surface area contributed by atoms with Crippen LogP contribution in [0.4, 0.5) is 5.69 Å². The van der Waals surface area contributed by atoms with Crippen molar-refractivity contribution in [1.29, 1.82) is 0 Å². The average Bonchev–Trinajstić information content (AvgIpc) is 2.96. The average molecular weight is 582 g/mol. The summed E-state index contributed by atoms with van der Waals surface area (Å²) in [4.78, 5) is 28.9. The molecule has 0 fully saturated rings. The van der Waals surface area contributed by atoms with Gasteiger partial charge in [-0.3, -0.25) is 13.9 Å². The van der Waals surface area contributed by atoms with E-state index in [1.54, 1.807) is 30.3 Å². The lowest BCUT2D eigenvalue weighted by Crippen LogP contribution is -2.53. The van der Waals surface area contributed by atoms with Gasteiger partial charge in [0.05, 0.1) is 24.8 Å². The van der Waals surface area contributed by atoms with Crippen LogP contribution >= 0.6 is 0 Å². The number of rotatable bonds is 13. The smallest absolute Gasteiger partial charge is 0.264 e. The lowest BCUT2D eigenvalue weighted by molar-refractivity contribution is -0.140. The van der Waals surface area contributed by atoms with Crippen molar-refractivity contribution in [2.24, 2.45) is 0 Å². The Balaban J connectivity index is 2.13. The topological polar surface area (TPSA) is 105 Å². The molecule has 3 aromatic rings. The molecule has 0 aliphatic carbocycles. The van der Waals surface area contributed by atoms with E-state index < -0.39 is 28.5 Å². The van der Waals surface area contributed by atoms with Gasteiger partial charge in [-0.15, -0.1) is 0 Å². The molecule has 0 aliphatic heterocycles. The van der Waals surface area contributed by atoms with Crippen molar-refractivity contribution in [3.63, 3.8) is 0 Å². The molecule has 1 N–H and O–H groups in total. The van der Waals surface area contributed by atoms with Gasteiger partial charge in [0.25, 0.3) is 10.0 Å². The van der Waals surface area contributed by atoms with Crippen molar-refractivity contribution in [2.75, 3.05) is 25.1 Å². The van der Waals surface area contributed by atoms with Gasteiger partial charge in [0.1, 0.15) is 24.1 Å². The van der Waals surface area contributed by atoms with Crippen molar-refractivity contribution >= 4 is 27.5 Å². The van der Waals surface area contributed by atoms with E-state index in [-0.39, 0.29) is 34.8 Å². The van der Waals surface area contributed by atoms with Crippen LogP contribution in [0.2, 0.25) is 0 Å². The highest BCUT2D eigenvalue weighted by atomic mass is 32.2. The predicted octanol–water partition coefficient (Wildman–Crippen LogP) is 4.54. The number of nitrogens with one attached hydrogen (secondary N) is 1.